The second kappa shape index (κ2) is 4.87. The molecule has 1 fully saturated rings. The van der Waals surface area contributed by atoms with Crippen LogP contribution in [-0.4, -0.2) is 43.1 Å². The Kier molecular flexibility index (Phi) is 3.47. The number of esters is 1. The van der Waals surface area contributed by atoms with E-state index in [1.807, 2.05) is 0 Å². The summed E-state index contributed by atoms with van der Waals surface area (Å²) in [6.45, 7) is 3.09. The Bertz CT molecular complexity index is 369. The van der Waals surface area contributed by atoms with Crippen molar-refractivity contribution in [3.8, 4) is 0 Å². The molecule has 0 unspecified atom stereocenters. The summed E-state index contributed by atoms with van der Waals surface area (Å²) in [6.07, 6.45) is 2.26. The van der Waals surface area contributed by atoms with Crippen LogP contribution in [0.1, 0.15) is 26.2 Å². The van der Waals surface area contributed by atoms with Crippen LogP contribution in [-0.2, 0) is 19.1 Å². The van der Waals surface area contributed by atoms with Gasteiger partial charge in [0.05, 0.1) is 31.8 Å². The molecule has 0 N–H and O–H groups in total. The number of methoxy groups -OCH3 is 1. The van der Waals surface area contributed by atoms with E-state index in [2.05, 4.69) is 4.74 Å². The van der Waals surface area contributed by atoms with Crippen LogP contribution in [0.4, 0.5) is 0 Å². The van der Waals surface area contributed by atoms with Gasteiger partial charge in [0.15, 0.2) is 0 Å². The summed E-state index contributed by atoms with van der Waals surface area (Å²) in [5.41, 5.74) is 1.17. The fraction of sp³-hybridized carbons (Fsp3) is 0.667. The second-order valence-electron chi connectivity index (χ2n) is 4.37. The Labute approximate surface area is 100 Å². The van der Waals surface area contributed by atoms with E-state index in [-0.39, 0.29) is 18.4 Å². The van der Waals surface area contributed by atoms with Gasteiger partial charge in [0.25, 0.3) is 0 Å². The summed E-state index contributed by atoms with van der Waals surface area (Å²) in [4.78, 5) is 24.9. The van der Waals surface area contributed by atoms with Crippen molar-refractivity contribution in [1.82, 2.24) is 4.90 Å². The molecule has 2 aliphatic heterocycles. The van der Waals surface area contributed by atoms with E-state index >= 15 is 0 Å². The highest BCUT2D eigenvalue weighted by Gasteiger charge is 2.33. The zero-order chi connectivity index (χ0) is 12.4. The van der Waals surface area contributed by atoms with E-state index in [0.717, 1.165) is 19.4 Å². The molecule has 0 aromatic heterocycles. The van der Waals surface area contributed by atoms with Crippen LogP contribution in [0.15, 0.2) is 11.3 Å². The standard InChI is InChI=1S/C12H17NO4/c1-8-10(12(15)16-2)6-11(14)13(8)7-9-4-3-5-17-9/h9H,3-7H2,1-2H3/t9-/m1/s1. The van der Waals surface area contributed by atoms with Gasteiger partial charge in [-0.25, -0.2) is 4.79 Å². The fourth-order valence-electron chi connectivity index (χ4n) is 2.30. The highest BCUT2D eigenvalue weighted by molar-refractivity contribution is 6.00. The van der Waals surface area contributed by atoms with Crippen LogP contribution in [0.3, 0.4) is 0 Å². The molecule has 0 aliphatic carbocycles. The Hall–Kier alpha value is -1.36. The molecule has 1 saturated heterocycles. The maximum absolute atomic E-state index is 11.8. The fourth-order valence-corrected chi connectivity index (χ4v) is 2.30. The molecule has 1 atom stereocenters. The smallest absolute Gasteiger partial charge is 0.336 e. The lowest BCUT2D eigenvalue weighted by molar-refractivity contribution is -0.137. The molecule has 0 bridgehead atoms. The van der Waals surface area contributed by atoms with Crippen molar-refractivity contribution in [3.05, 3.63) is 11.3 Å². The molecule has 2 aliphatic rings. The third-order valence-corrected chi connectivity index (χ3v) is 3.31. The van der Waals surface area contributed by atoms with Gasteiger partial charge in [-0.2, -0.15) is 0 Å². The predicted molar refractivity (Wildman–Crippen MR) is 60.0 cm³/mol. The van der Waals surface area contributed by atoms with Gasteiger partial charge in [0, 0.05) is 12.3 Å². The van der Waals surface area contributed by atoms with Crippen LogP contribution in [0, 0.1) is 0 Å². The minimum Gasteiger partial charge on any atom is -0.466 e. The molecule has 0 saturated carbocycles. The molecule has 94 valence electrons. The molecular weight excluding hydrogens is 222 g/mol. The quantitative estimate of drug-likeness (QED) is 0.685. The minimum absolute atomic E-state index is 0.0431. The Morgan fingerprint density at radius 3 is 2.94 bits per heavy atom. The van der Waals surface area contributed by atoms with Crippen LogP contribution >= 0.6 is 0 Å². The summed E-state index contributed by atoms with van der Waals surface area (Å²) in [6, 6.07) is 0. The molecular formula is C12H17NO4. The van der Waals surface area contributed by atoms with Gasteiger partial charge in [0.2, 0.25) is 5.91 Å². The van der Waals surface area contributed by atoms with Gasteiger partial charge in [-0.3, -0.25) is 4.79 Å². The summed E-state index contributed by atoms with van der Waals surface area (Å²) < 4.78 is 10.2. The summed E-state index contributed by atoms with van der Waals surface area (Å²) in [5.74, 6) is -0.455. The molecule has 0 aromatic rings. The first kappa shape index (κ1) is 12.1. The number of carbonyl (C=O) groups is 2. The SMILES string of the molecule is COC(=O)C1=C(C)N(C[C@H]2CCCO2)C(=O)C1. The minimum atomic E-state index is -0.411. The van der Waals surface area contributed by atoms with Crippen molar-refractivity contribution in [2.45, 2.75) is 32.3 Å². The number of hydrogen-bond acceptors (Lipinski definition) is 4. The predicted octanol–water partition coefficient (Wildman–Crippen LogP) is 0.845. The van der Waals surface area contributed by atoms with Gasteiger partial charge >= 0.3 is 5.97 Å². The van der Waals surface area contributed by atoms with Crippen LogP contribution < -0.4 is 0 Å². The van der Waals surface area contributed by atoms with Crippen molar-refractivity contribution in [2.24, 2.45) is 0 Å². The third-order valence-electron chi connectivity index (χ3n) is 3.31. The first-order valence-corrected chi connectivity index (χ1v) is 5.83. The van der Waals surface area contributed by atoms with E-state index in [1.54, 1.807) is 11.8 Å². The first-order valence-electron chi connectivity index (χ1n) is 5.83. The van der Waals surface area contributed by atoms with Gasteiger partial charge in [-0.15, -0.1) is 0 Å². The number of rotatable bonds is 3. The summed E-state index contributed by atoms with van der Waals surface area (Å²) in [5, 5.41) is 0. The topological polar surface area (TPSA) is 55.8 Å². The molecule has 1 amide bonds. The lowest BCUT2D eigenvalue weighted by Crippen LogP contribution is -2.32. The maximum atomic E-state index is 11.8. The molecule has 5 heteroatoms. The van der Waals surface area contributed by atoms with Crippen molar-refractivity contribution in [1.29, 1.82) is 0 Å². The number of hydrogen-bond donors (Lipinski definition) is 0. The molecule has 0 spiro atoms. The molecule has 0 radical (unpaired) electrons. The van der Waals surface area contributed by atoms with Crippen molar-refractivity contribution < 1.29 is 19.1 Å². The Morgan fingerprint density at radius 1 is 1.59 bits per heavy atom. The zero-order valence-electron chi connectivity index (χ0n) is 10.2. The molecule has 0 aromatic carbocycles. The van der Waals surface area contributed by atoms with Crippen LogP contribution in [0.2, 0.25) is 0 Å². The normalized spacial score (nSPS) is 24.7. The van der Waals surface area contributed by atoms with Crippen molar-refractivity contribution >= 4 is 11.9 Å². The monoisotopic (exact) mass is 239 g/mol. The summed E-state index contributed by atoms with van der Waals surface area (Å²) >= 11 is 0. The first-order chi connectivity index (χ1) is 8.13. The average Bonchev–Trinajstić information content (AvgIpc) is 2.91. The molecule has 5 nitrogen and oxygen atoms in total. The lowest BCUT2D eigenvalue weighted by Gasteiger charge is -2.21. The van der Waals surface area contributed by atoms with Gasteiger partial charge < -0.3 is 14.4 Å². The Morgan fingerprint density at radius 2 is 2.35 bits per heavy atom. The van der Waals surface area contributed by atoms with Crippen molar-refractivity contribution in [2.75, 3.05) is 20.3 Å². The van der Waals surface area contributed by atoms with E-state index < -0.39 is 5.97 Å². The highest BCUT2D eigenvalue weighted by Crippen LogP contribution is 2.26. The molecule has 17 heavy (non-hydrogen) atoms. The number of allylic oxidation sites excluding steroid dienone is 1. The maximum Gasteiger partial charge on any atom is 0.336 e. The average molecular weight is 239 g/mol. The second-order valence-corrected chi connectivity index (χ2v) is 4.37. The van der Waals surface area contributed by atoms with Gasteiger partial charge in [-0.05, 0) is 19.8 Å². The zero-order valence-corrected chi connectivity index (χ0v) is 10.2. The van der Waals surface area contributed by atoms with E-state index in [1.165, 1.54) is 7.11 Å². The number of carbonyl (C=O) groups excluding carboxylic acids is 2. The van der Waals surface area contributed by atoms with Gasteiger partial charge in [0.1, 0.15) is 0 Å². The largest absolute Gasteiger partial charge is 0.466 e. The number of nitrogens with zero attached hydrogens (tertiary/aromatic N) is 1. The third kappa shape index (κ3) is 2.34. The highest BCUT2D eigenvalue weighted by atomic mass is 16.5. The Balaban J connectivity index is 2.08. The van der Waals surface area contributed by atoms with Gasteiger partial charge in [-0.1, -0.05) is 0 Å². The number of ether oxygens (including phenoxy) is 2. The van der Waals surface area contributed by atoms with E-state index in [4.69, 9.17) is 4.74 Å². The van der Waals surface area contributed by atoms with E-state index in [0.29, 0.717) is 17.8 Å². The molecule has 2 heterocycles. The van der Waals surface area contributed by atoms with Crippen LogP contribution in [0.5, 0.6) is 0 Å². The van der Waals surface area contributed by atoms with E-state index in [9.17, 15) is 9.59 Å². The summed E-state index contributed by atoms with van der Waals surface area (Å²) in [7, 11) is 1.33. The lowest BCUT2D eigenvalue weighted by atomic mass is 10.2. The number of amides is 1. The molecule has 2 rings (SSSR count). The van der Waals surface area contributed by atoms with Crippen molar-refractivity contribution in [3.63, 3.8) is 0 Å². The van der Waals surface area contributed by atoms with Crippen LogP contribution in [0.25, 0.3) is 0 Å².